The van der Waals surface area contributed by atoms with Gasteiger partial charge in [-0.25, -0.2) is 9.97 Å². The Balaban J connectivity index is 1.73. The Kier molecular flexibility index (Phi) is 3.89. The van der Waals surface area contributed by atoms with Gasteiger partial charge in [-0.2, -0.15) is 0 Å². The maximum atomic E-state index is 6.09. The van der Waals surface area contributed by atoms with Crippen molar-refractivity contribution in [3.63, 3.8) is 0 Å². The minimum absolute atomic E-state index is 0.554. The van der Waals surface area contributed by atoms with Crippen LogP contribution in [0.15, 0.2) is 53.6 Å². The third-order valence-electron chi connectivity index (χ3n) is 3.53. The van der Waals surface area contributed by atoms with E-state index in [0.717, 1.165) is 38.2 Å². The average Bonchev–Trinajstić information content (AvgIpc) is 2.54. The van der Waals surface area contributed by atoms with Crippen LogP contribution in [0.4, 0.5) is 11.6 Å². The van der Waals surface area contributed by atoms with Gasteiger partial charge in [-0.1, -0.05) is 35.3 Å². The second kappa shape index (κ2) is 6.04. The number of thioether (sulfide) groups is 1. The summed E-state index contributed by atoms with van der Waals surface area (Å²) in [6, 6.07) is 13.4. The van der Waals surface area contributed by atoms with Crippen LogP contribution >= 0.6 is 35.0 Å². The third-order valence-corrected chi connectivity index (χ3v) is 5.10. The standard InChI is InChI=1S/C17H11Cl2N3S/c18-11-2-1-3-13(6-11)21-17-20-8-10-9-23-15-7-12(19)4-5-14(15)16(10)22-17/h1-8H,9H2,(H,20,21,22). The van der Waals surface area contributed by atoms with Crippen molar-refractivity contribution in [2.24, 2.45) is 0 Å². The first-order chi connectivity index (χ1) is 11.2. The number of anilines is 2. The van der Waals surface area contributed by atoms with E-state index >= 15 is 0 Å². The van der Waals surface area contributed by atoms with E-state index in [-0.39, 0.29) is 0 Å². The summed E-state index contributed by atoms with van der Waals surface area (Å²) < 4.78 is 0. The number of rotatable bonds is 2. The van der Waals surface area contributed by atoms with E-state index in [2.05, 4.69) is 15.3 Å². The maximum absolute atomic E-state index is 6.09. The van der Waals surface area contributed by atoms with Gasteiger partial charge >= 0.3 is 0 Å². The van der Waals surface area contributed by atoms with Crippen molar-refractivity contribution in [2.45, 2.75) is 10.6 Å². The van der Waals surface area contributed by atoms with Crippen molar-refractivity contribution in [3.05, 3.63) is 64.3 Å². The average molecular weight is 360 g/mol. The first kappa shape index (κ1) is 14.8. The van der Waals surface area contributed by atoms with E-state index in [4.69, 9.17) is 23.2 Å². The highest BCUT2D eigenvalue weighted by molar-refractivity contribution is 7.98. The zero-order valence-electron chi connectivity index (χ0n) is 11.9. The summed E-state index contributed by atoms with van der Waals surface area (Å²) in [7, 11) is 0. The molecule has 0 unspecified atom stereocenters. The van der Waals surface area contributed by atoms with Crippen molar-refractivity contribution in [1.29, 1.82) is 0 Å². The van der Waals surface area contributed by atoms with Crippen LogP contribution < -0.4 is 5.32 Å². The van der Waals surface area contributed by atoms with Crippen LogP contribution in [0.2, 0.25) is 10.0 Å². The molecule has 4 rings (SSSR count). The van der Waals surface area contributed by atoms with Crippen LogP contribution in [0.3, 0.4) is 0 Å². The normalized spacial score (nSPS) is 12.4. The Labute approximate surface area is 148 Å². The molecule has 0 bridgehead atoms. The van der Waals surface area contributed by atoms with E-state index in [1.54, 1.807) is 11.8 Å². The zero-order chi connectivity index (χ0) is 15.8. The van der Waals surface area contributed by atoms with Crippen LogP contribution in [-0.2, 0) is 5.75 Å². The van der Waals surface area contributed by atoms with Crippen LogP contribution in [0.25, 0.3) is 11.3 Å². The first-order valence-corrected chi connectivity index (χ1v) is 8.74. The summed E-state index contributed by atoms with van der Waals surface area (Å²) in [6.07, 6.45) is 1.87. The number of halogens is 2. The second-order valence-corrected chi connectivity index (χ2v) is 7.02. The van der Waals surface area contributed by atoms with Gasteiger partial charge in [-0.15, -0.1) is 11.8 Å². The van der Waals surface area contributed by atoms with E-state index in [0.29, 0.717) is 11.0 Å². The SMILES string of the molecule is Clc1cccc(Nc2ncc3c(n2)-c2ccc(Cl)cc2SC3)c1. The summed E-state index contributed by atoms with van der Waals surface area (Å²) in [5, 5.41) is 4.61. The van der Waals surface area contributed by atoms with Gasteiger partial charge in [0, 0.05) is 43.7 Å². The molecule has 0 saturated heterocycles. The van der Waals surface area contributed by atoms with Gasteiger partial charge < -0.3 is 5.32 Å². The van der Waals surface area contributed by atoms with Crippen molar-refractivity contribution in [1.82, 2.24) is 9.97 Å². The van der Waals surface area contributed by atoms with Crippen LogP contribution in [0.5, 0.6) is 0 Å². The third kappa shape index (κ3) is 3.02. The fourth-order valence-corrected chi connectivity index (χ4v) is 3.95. The quantitative estimate of drug-likeness (QED) is 0.627. The number of hydrogen-bond donors (Lipinski definition) is 1. The lowest BCUT2D eigenvalue weighted by atomic mass is 10.1. The lowest BCUT2D eigenvalue weighted by Gasteiger charge is -2.19. The van der Waals surface area contributed by atoms with Gasteiger partial charge in [0.2, 0.25) is 5.95 Å². The Hall–Kier alpha value is -1.75. The molecule has 114 valence electrons. The summed E-state index contributed by atoms with van der Waals surface area (Å²) >= 11 is 13.9. The predicted octanol–water partition coefficient (Wildman–Crippen LogP) is 5.80. The summed E-state index contributed by atoms with van der Waals surface area (Å²) in [5.74, 6) is 1.40. The molecule has 2 aromatic carbocycles. The molecule has 6 heteroatoms. The number of nitrogens with one attached hydrogen (secondary N) is 1. The number of hydrogen-bond acceptors (Lipinski definition) is 4. The molecule has 2 heterocycles. The van der Waals surface area contributed by atoms with Crippen LogP contribution in [-0.4, -0.2) is 9.97 Å². The molecule has 0 saturated carbocycles. The fraction of sp³-hybridized carbons (Fsp3) is 0.0588. The summed E-state index contributed by atoms with van der Waals surface area (Å²) in [6.45, 7) is 0. The Morgan fingerprint density at radius 1 is 1.04 bits per heavy atom. The molecule has 0 atom stereocenters. The predicted molar refractivity (Wildman–Crippen MR) is 96.8 cm³/mol. The number of fused-ring (bicyclic) bond motifs is 3. The summed E-state index contributed by atoms with van der Waals surface area (Å²) in [5.41, 5.74) is 4.03. The minimum atomic E-state index is 0.554. The van der Waals surface area contributed by atoms with E-state index in [1.165, 1.54) is 0 Å². The van der Waals surface area contributed by atoms with Crippen LogP contribution in [0, 0.1) is 0 Å². The van der Waals surface area contributed by atoms with Gasteiger partial charge in [0.25, 0.3) is 0 Å². The fourth-order valence-electron chi connectivity index (χ4n) is 2.47. The maximum Gasteiger partial charge on any atom is 0.227 e. The van der Waals surface area contributed by atoms with Gasteiger partial charge in [-0.05, 0) is 30.3 Å². The molecule has 0 amide bonds. The Morgan fingerprint density at radius 3 is 2.78 bits per heavy atom. The molecule has 3 nitrogen and oxygen atoms in total. The molecule has 0 fully saturated rings. The number of nitrogens with zero attached hydrogens (tertiary/aromatic N) is 2. The molecule has 1 aliphatic rings. The van der Waals surface area contributed by atoms with Gasteiger partial charge in [0.1, 0.15) is 0 Å². The molecule has 0 spiro atoms. The smallest absolute Gasteiger partial charge is 0.227 e. The number of benzene rings is 2. The molecule has 0 aliphatic carbocycles. The van der Waals surface area contributed by atoms with E-state index < -0.39 is 0 Å². The number of aromatic nitrogens is 2. The largest absolute Gasteiger partial charge is 0.324 e. The topological polar surface area (TPSA) is 37.8 Å². The van der Waals surface area contributed by atoms with Gasteiger partial charge in [0.15, 0.2) is 0 Å². The molecule has 1 aliphatic heterocycles. The monoisotopic (exact) mass is 359 g/mol. The van der Waals surface area contributed by atoms with Crippen molar-refractivity contribution >= 4 is 46.6 Å². The Morgan fingerprint density at radius 2 is 1.91 bits per heavy atom. The molecular formula is C17H11Cl2N3S. The van der Waals surface area contributed by atoms with Crippen molar-refractivity contribution in [2.75, 3.05) is 5.32 Å². The zero-order valence-corrected chi connectivity index (χ0v) is 14.2. The highest BCUT2D eigenvalue weighted by Gasteiger charge is 2.19. The molecule has 1 N–H and O–H groups in total. The van der Waals surface area contributed by atoms with E-state index in [1.807, 2.05) is 48.7 Å². The molecule has 23 heavy (non-hydrogen) atoms. The lowest BCUT2D eigenvalue weighted by Crippen LogP contribution is -2.04. The molecule has 0 radical (unpaired) electrons. The Bertz CT molecular complexity index is 899. The highest BCUT2D eigenvalue weighted by atomic mass is 35.5. The van der Waals surface area contributed by atoms with Crippen molar-refractivity contribution in [3.8, 4) is 11.3 Å². The minimum Gasteiger partial charge on any atom is -0.324 e. The van der Waals surface area contributed by atoms with Crippen molar-refractivity contribution < 1.29 is 0 Å². The van der Waals surface area contributed by atoms with Crippen LogP contribution in [0.1, 0.15) is 5.56 Å². The lowest BCUT2D eigenvalue weighted by molar-refractivity contribution is 1.11. The molecule has 3 aromatic rings. The highest BCUT2D eigenvalue weighted by Crippen LogP contribution is 2.41. The van der Waals surface area contributed by atoms with Gasteiger partial charge in [-0.3, -0.25) is 0 Å². The molecule has 1 aromatic heterocycles. The second-order valence-electron chi connectivity index (χ2n) is 5.13. The summed E-state index contributed by atoms with van der Waals surface area (Å²) in [4.78, 5) is 10.2. The first-order valence-electron chi connectivity index (χ1n) is 7.00. The van der Waals surface area contributed by atoms with Gasteiger partial charge in [0.05, 0.1) is 5.69 Å². The van der Waals surface area contributed by atoms with E-state index in [9.17, 15) is 0 Å². The molecular weight excluding hydrogens is 349 g/mol.